The first-order chi connectivity index (χ1) is 35.3. The molecule has 0 spiro atoms. The second-order valence-electron chi connectivity index (χ2n) is 18.4. The van der Waals surface area contributed by atoms with E-state index in [0.717, 1.165) is 5.69 Å². The van der Waals surface area contributed by atoms with Gasteiger partial charge >= 0.3 is 6.03 Å². The highest BCUT2D eigenvalue weighted by Crippen LogP contribution is 2.43. The van der Waals surface area contributed by atoms with Crippen molar-refractivity contribution < 1.29 is 57.1 Å². The highest BCUT2D eigenvalue weighted by molar-refractivity contribution is 6.27. The number of carbonyl (C=O) groups excluding carboxylic acids is 5. The molecule has 73 heavy (non-hydrogen) atoms. The number of ketones is 1. The van der Waals surface area contributed by atoms with Crippen molar-refractivity contribution in [1.82, 2.24) is 36.6 Å². The van der Waals surface area contributed by atoms with E-state index in [1.54, 1.807) is 53.5 Å². The summed E-state index contributed by atoms with van der Waals surface area (Å²) in [5.41, 5.74) is 7.55. The van der Waals surface area contributed by atoms with Gasteiger partial charge in [0.1, 0.15) is 11.4 Å². The van der Waals surface area contributed by atoms with Crippen LogP contribution in [0.4, 0.5) is 16.2 Å². The zero-order chi connectivity index (χ0) is 52.0. The van der Waals surface area contributed by atoms with E-state index < -0.39 is 6.03 Å². The fraction of sp³-hybridized carbons (Fsp3) is 0.500. The predicted molar refractivity (Wildman–Crippen MR) is 274 cm³/mol. The summed E-state index contributed by atoms with van der Waals surface area (Å²) in [5.74, 6) is -0.647. The number of amides is 5. The number of benzene rings is 3. The zero-order valence-electron chi connectivity index (χ0n) is 42.5. The molecule has 5 amide bonds. The lowest BCUT2D eigenvalue weighted by Gasteiger charge is -2.32. The van der Waals surface area contributed by atoms with Crippen LogP contribution in [0.2, 0.25) is 0 Å². The molecule has 1 aromatic heterocycles. The monoisotopic (exact) mass is 1010 g/mol. The number of nitrogens with one attached hydrogen (secondary N) is 7. The summed E-state index contributed by atoms with van der Waals surface area (Å²) in [6.45, 7) is 14.4. The molecule has 2 aliphatic rings. The van der Waals surface area contributed by atoms with Gasteiger partial charge in [-0.25, -0.2) is 9.80 Å². The van der Waals surface area contributed by atoms with E-state index in [2.05, 4.69) is 42.2 Å². The molecule has 21 heteroatoms. The first kappa shape index (κ1) is 55.8. The van der Waals surface area contributed by atoms with Gasteiger partial charge in [0, 0.05) is 67.6 Å². The second kappa shape index (κ2) is 28.7. The van der Waals surface area contributed by atoms with Gasteiger partial charge in [0.15, 0.2) is 12.4 Å². The highest BCUT2D eigenvalue weighted by atomic mass is 16.6. The van der Waals surface area contributed by atoms with E-state index in [0.29, 0.717) is 163 Å². The normalized spacial score (nSPS) is 14.1. The van der Waals surface area contributed by atoms with Crippen LogP contribution >= 0.6 is 0 Å². The van der Waals surface area contributed by atoms with Gasteiger partial charge in [0.25, 0.3) is 11.8 Å². The third kappa shape index (κ3) is 17.3. The van der Waals surface area contributed by atoms with E-state index in [-0.39, 0.29) is 47.5 Å². The molecule has 0 bridgehead atoms. The van der Waals surface area contributed by atoms with E-state index in [9.17, 15) is 24.0 Å². The summed E-state index contributed by atoms with van der Waals surface area (Å²) in [5, 5.41) is 23.8. The second-order valence-corrected chi connectivity index (χ2v) is 18.4. The molecule has 0 radical (unpaired) electrons. The molecule has 1 fully saturated rings. The Balaban J connectivity index is 0.731. The van der Waals surface area contributed by atoms with Gasteiger partial charge < -0.3 is 59.7 Å². The van der Waals surface area contributed by atoms with Crippen LogP contribution in [0, 0.1) is 11.3 Å². The molecule has 1 saturated heterocycles. The largest absolute Gasteiger partial charge is 0.484 e. The van der Waals surface area contributed by atoms with Gasteiger partial charge in [0.05, 0.1) is 102 Å². The zero-order valence-corrected chi connectivity index (χ0v) is 42.5. The summed E-state index contributed by atoms with van der Waals surface area (Å²) in [4.78, 5) is 64.8. The minimum Gasteiger partial charge on any atom is -0.484 e. The molecule has 2 heterocycles. The lowest BCUT2D eigenvalue weighted by Crippen LogP contribution is -2.49. The van der Waals surface area contributed by atoms with Crippen molar-refractivity contribution in [2.75, 3.05) is 130 Å². The Morgan fingerprint density at radius 3 is 1.97 bits per heavy atom. The van der Waals surface area contributed by atoms with Crippen molar-refractivity contribution in [2.45, 2.75) is 40.2 Å². The number of hydrazine groups is 1. The van der Waals surface area contributed by atoms with Crippen molar-refractivity contribution in [3.8, 4) is 28.3 Å². The molecule has 1 aliphatic heterocycles. The van der Waals surface area contributed by atoms with Crippen molar-refractivity contribution in [1.29, 1.82) is 0 Å². The average molecular weight is 1010 g/mol. The first-order valence-electron chi connectivity index (χ1n) is 24.7. The molecule has 3 aromatic carbocycles. The molecular formula is C52H71N9O12. The van der Waals surface area contributed by atoms with Crippen LogP contribution in [0.1, 0.15) is 60.4 Å². The Hall–Kier alpha value is -6.46. The summed E-state index contributed by atoms with van der Waals surface area (Å²) < 4.78 is 38.8. The number of anilines is 2. The van der Waals surface area contributed by atoms with Crippen molar-refractivity contribution in [3.63, 3.8) is 0 Å². The molecule has 6 rings (SSSR count). The van der Waals surface area contributed by atoms with E-state index in [4.69, 9.17) is 33.2 Å². The molecule has 2 atom stereocenters. The van der Waals surface area contributed by atoms with Gasteiger partial charge in [-0.2, -0.15) is 5.10 Å². The van der Waals surface area contributed by atoms with Gasteiger partial charge in [-0.15, -0.1) is 0 Å². The Kier molecular flexibility index (Phi) is 22.0. The number of hydrogen-bond acceptors (Lipinski definition) is 15. The quantitative estimate of drug-likeness (QED) is 0.0318. The van der Waals surface area contributed by atoms with Gasteiger partial charge in [-0.3, -0.25) is 29.7 Å². The van der Waals surface area contributed by atoms with Crippen LogP contribution in [0.15, 0.2) is 66.7 Å². The van der Waals surface area contributed by atoms with Crippen LogP contribution in [0.25, 0.3) is 22.5 Å². The molecule has 7 N–H and O–H groups in total. The number of aromatic nitrogens is 2. The van der Waals surface area contributed by atoms with Crippen LogP contribution in [0.5, 0.6) is 5.75 Å². The SMILES string of the molecule is CNc1ccc(C(=O)N[C@@H](C)CC(C(=O)NCCOCCOCCOCCOCCOCCNC(=O)COc2ccc(-c3n[nH]c4c3C(=O)c3c(NC(=O)NN5CCOCC5)cccc3-4)cc2)C(C)(C)C)cc1. The maximum Gasteiger partial charge on any atom is 0.333 e. The highest BCUT2D eigenvalue weighted by Gasteiger charge is 2.36. The topological polar surface area (TPSA) is 254 Å². The predicted octanol–water partition coefficient (Wildman–Crippen LogP) is 4.26. The Morgan fingerprint density at radius 2 is 1.37 bits per heavy atom. The molecular weight excluding hydrogens is 943 g/mol. The number of carbonyl (C=O) groups is 5. The number of aromatic amines is 1. The molecule has 1 unspecified atom stereocenters. The fourth-order valence-corrected chi connectivity index (χ4v) is 8.05. The van der Waals surface area contributed by atoms with Crippen LogP contribution < -0.4 is 36.7 Å². The molecule has 1 aliphatic carbocycles. The van der Waals surface area contributed by atoms with E-state index >= 15 is 0 Å². The number of urea groups is 1. The minimum atomic E-state index is -0.445. The summed E-state index contributed by atoms with van der Waals surface area (Å²) >= 11 is 0. The van der Waals surface area contributed by atoms with Crippen molar-refractivity contribution in [3.05, 3.63) is 83.4 Å². The Morgan fingerprint density at radius 1 is 0.767 bits per heavy atom. The average Bonchev–Trinajstić information content (AvgIpc) is 3.95. The van der Waals surface area contributed by atoms with Gasteiger partial charge in [-0.05, 0) is 73.4 Å². The lowest BCUT2D eigenvalue weighted by atomic mass is 9.76. The number of nitrogens with zero attached hydrogens (tertiary/aromatic N) is 2. The van der Waals surface area contributed by atoms with Crippen LogP contribution in [-0.2, 0) is 38.0 Å². The van der Waals surface area contributed by atoms with Gasteiger partial charge in [-0.1, -0.05) is 32.9 Å². The Bertz CT molecular complexity index is 2400. The first-order valence-corrected chi connectivity index (χ1v) is 24.7. The summed E-state index contributed by atoms with van der Waals surface area (Å²) in [6.07, 6.45) is 0.499. The number of fused-ring (bicyclic) bond motifs is 3. The fourth-order valence-electron chi connectivity index (χ4n) is 8.05. The summed E-state index contributed by atoms with van der Waals surface area (Å²) in [6, 6.07) is 18.8. The Labute approximate surface area is 426 Å². The molecule has 0 saturated carbocycles. The van der Waals surface area contributed by atoms with Crippen LogP contribution in [-0.4, -0.2) is 170 Å². The number of H-pyrrole nitrogens is 1. The smallest absolute Gasteiger partial charge is 0.333 e. The standard InChI is InChI=1S/C52H71N9O12/c1-35(56-49(64)37-9-13-38(53-5)14-10-37)33-41(52(2,3)4)50(65)55-18-22-68-26-28-71-30-32-72-31-29-70-27-25-67-21-17-54-43(62)34-73-39-15-11-36(12-16-39)46-45-47(59-58-46)40-7-6-8-42(44(40)48(45)63)57-51(66)60-61-19-23-69-24-20-61/h6-16,35,41,53H,17-34H2,1-5H3,(H,54,62)(H,55,65)(H,56,64)(H,58,59)(H2,57,60,66)/t35-,41?/m0/s1. The maximum absolute atomic E-state index is 13.8. The number of morpholine rings is 1. The van der Waals surface area contributed by atoms with Crippen molar-refractivity contribution in [2.24, 2.45) is 11.3 Å². The summed E-state index contributed by atoms with van der Waals surface area (Å²) in [7, 11) is 1.82. The minimum absolute atomic E-state index is 0.0736. The lowest BCUT2D eigenvalue weighted by molar-refractivity contribution is -0.129. The molecule has 396 valence electrons. The van der Waals surface area contributed by atoms with Crippen LogP contribution in [0.3, 0.4) is 0 Å². The van der Waals surface area contributed by atoms with Gasteiger partial charge in [0.2, 0.25) is 5.91 Å². The number of rotatable bonds is 30. The third-order valence-corrected chi connectivity index (χ3v) is 11.9. The maximum atomic E-state index is 13.8. The van der Waals surface area contributed by atoms with E-state index in [1.165, 1.54) is 0 Å². The molecule has 21 nitrogen and oxygen atoms in total. The number of ether oxygens (including phenoxy) is 7. The van der Waals surface area contributed by atoms with E-state index in [1.807, 2.05) is 52.9 Å². The third-order valence-electron chi connectivity index (χ3n) is 11.9. The number of hydrogen-bond donors (Lipinski definition) is 7. The van der Waals surface area contributed by atoms with Crippen molar-refractivity contribution >= 4 is 40.9 Å². The molecule has 4 aromatic rings.